The first-order chi connectivity index (χ1) is 12.8. The van der Waals surface area contributed by atoms with E-state index in [4.69, 9.17) is 0 Å². The molecular weight excluding hydrogens is 484 g/mol. The third kappa shape index (κ3) is 8.24. The molecule has 1 aromatic carbocycles. The van der Waals surface area contributed by atoms with Crippen LogP contribution in [0.4, 0.5) is 13.2 Å². The summed E-state index contributed by atoms with van der Waals surface area (Å²) < 4.78 is 38.0. The third-order valence-electron chi connectivity index (χ3n) is 4.55. The Kier molecular flexibility index (Phi) is 10.0. The number of alkyl halides is 3. The molecule has 1 aliphatic rings. The molecule has 0 unspecified atom stereocenters. The van der Waals surface area contributed by atoms with Gasteiger partial charge in [-0.2, -0.15) is 13.2 Å². The highest BCUT2D eigenvalue weighted by Crippen LogP contribution is 2.29. The zero-order chi connectivity index (χ0) is 19.9. The summed E-state index contributed by atoms with van der Waals surface area (Å²) in [6, 6.07) is 5.27. The Morgan fingerprint density at radius 1 is 1.14 bits per heavy atom. The number of hydrogen-bond donors (Lipinski definition) is 2. The summed E-state index contributed by atoms with van der Waals surface area (Å²) in [7, 11) is 3.36. The minimum atomic E-state index is -4.34. The minimum Gasteiger partial charge on any atom is -0.354 e. The number of likely N-dealkylation sites (N-methyl/N-ethyl adjacent to an activating group) is 1. The standard InChI is InChI=1S/C19H27F3N4O.HI/c1-26(2)17(27)13-24-18(25-16-6-4-3-5-7-16)23-12-14-8-10-15(11-9-14)19(20,21)22;/h8-11,16H,3-7,12-13H2,1-2H3,(H2,23,24,25);1H. The van der Waals surface area contributed by atoms with E-state index in [0.717, 1.165) is 37.8 Å². The van der Waals surface area contributed by atoms with Crippen LogP contribution in [0.2, 0.25) is 0 Å². The van der Waals surface area contributed by atoms with Crippen molar-refractivity contribution in [3.8, 4) is 0 Å². The number of nitrogens with one attached hydrogen (secondary N) is 2. The van der Waals surface area contributed by atoms with E-state index in [0.29, 0.717) is 17.6 Å². The molecule has 28 heavy (non-hydrogen) atoms. The fourth-order valence-corrected chi connectivity index (χ4v) is 2.88. The quantitative estimate of drug-likeness (QED) is 0.359. The fourth-order valence-electron chi connectivity index (χ4n) is 2.88. The maximum absolute atomic E-state index is 12.7. The lowest BCUT2D eigenvalue weighted by Gasteiger charge is -2.25. The van der Waals surface area contributed by atoms with Crippen LogP contribution in [0.3, 0.4) is 0 Å². The highest BCUT2D eigenvalue weighted by atomic mass is 127. The van der Waals surface area contributed by atoms with E-state index in [1.807, 2.05) is 0 Å². The van der Waals surface area contributed by atoms with Crippen LogP contribution in [-0.4, -0.2) is 43.4 Å². The number of benzene rings is 1. The molecule has 9 heteroatoms. The smallest absolute Gasteiger partial charge is 0.354 e. The predicted octanol–water partition coefficient (Wildman–Crippen LogP) is 3.78. The average molecular weight is 512 g/mol. The summed E-state index contributed by atoms with van der Waals surface area (Å²) in [6.45, 7) is 0.342. The molecule has 0 heterocycles. The van der Waals surface area contributed by atoms with E-state index in [-0.39, 0.29) is 43.0 Å². The number of rotatable bonds is 5. The van der Waals surface area contributed by atoms with Crippen LogP contribution < -0.4 is 10.6 Å². The first-order valence-corrected chi connectivity index (χ1v) is 9.17. The lowest BCUT2D eigenvalue weighted by molar-refractivity contribution is -0.137. The molecule has 0 atom stereocenters. The Morgan fingerprint density at radius 2 is 1.75 bits per heavy atom. The molecule has 0 spiro atoms. The number of hydrogen-bond acceptors (Lipinski definition) is 2. The van der Waals surface area contributed by atoms with E-state index in [9.17, 15) is 18.0 Å². The molecule has 1 aromatic rings. The molecule has 2 rings (SSSR count). The van der Waals surface area contributed by atoms with Gasteiger partial charge >= 0.3 is 6.18 Å². The van der Waals surface area contributed by atoms with Crippen molar-refractivity contribution in [3.05, 3.63) is 35.4 Å². The number of carbonyl (C=O) groups excluding carboxylic acids is 1. The zero-order valence-corrected chi connectivity index (χ0v) is 18.5. The number of amides is 1. The van der Waals surface area contributed by atoms with Crippen LogP contribution in [0.25, 0.3) is 0 Å². The topological polar surface area (TPSA) is 56.7 Å². The highest BCUT2D eigenvalue weighted by molar-refractivity contribution is 14.0. The lowest BCUT2D eigenvalue weighted by atomic mass is 9.96. The van der Waals surface area contributed by atoms with Crippen molar-refractivity contribution in [2.45, 2.75) is 50.9 Å². The molecule has 1 saturated carbocycles. The summed E-state index contributed by atoms with van der Waals surface area (Å²) in [5.41, 5.74) is -0.00262. The van der Waals surface area contributed by atoms with Crippen LogP contribution in [0.15, 0.2) is 29.3 Å². The van der Waals surface area contributed by atoms with Gasteiger partial charge in [0.05, 0.1) is 18.7 Å². The molecule has 0 radical (unpaired) electrons. The molecule has 5 nitrogen and oxygen atoms in total. The van der Waals surface area contributed by atoms with Crippen LogP contribution >= 0.6 is 24.0 Å². The summed E-state index contributed by atoms with van der Waals surface area (Å²) in [5.74, 6) is 0.430. The molecule has 0 aromatic heterocycles. The van der Waals surface area contributed by atoms with Gasteiger partial charge in [-0.3, -0.25) is 4.79 Å². The van der Waals surface area contributed by atoms with E-state index in [2.05, 4.69) is 15.6 Å². The molecular formula is C19H28F3IN4O. The van der Waals surface area contributed by atoms with Gasteiger partial charge < -0.3 is 15.5 Å². The zero-order valence-electron chi connectivity index (χ0n) is 16.2. The molecule has 0 bridgehead atoms. The van der Waals surface area contributed by atoms with Crippen LogP contribution in [0.1, 0.15) is 43.2 Å². The van der Waals surface area contributed by atoms with Crippen molar-refractivity contribution >= 4 is 35.8 Å². The van der Waals surface area contributed by atoms with Gasteiger partial charge in [-0.1, -0.05) is 31.4 Å². The third-order valence-corrected chi connectivity index (χ3v) is 4.55. The van der Waals surface area contributed by atoms with Gasteiger partial charge in [0, 0.05) is 20.1 Å². The summed E-state index contributed by atoms with van der Waals surface area (Å²) >= 11 is 0. The molecule has 158 valence electrons. The Hall–Kier alpha value is -1.52. The van der Waals surface area contributed by atoms with Crippen molar-refractivity contribution in [2.75, 3.05) is 20.6 Å². The van der Waals surface area contributed by atoms with Gasteiger partial charge in [-0.25, -0.2) is 4.99 Å². The van der Waals surface area contributed by atoms with Crippen molar-refractivity contribution in [3.63, 3.8) is 0 Å². The van der Waals surface area contributed by atoms with E-state index in [1.165, 1.54) is 23.5 Å². The second-order valence-corrected chi connectivity index (χ2v) is 6.98. The van der Waals surface area contributed by atoms with Crippen LogP contribution in [0, 0.1) is 0 Å². The Labute approximate surface area is 181 Å². The first kappa shape index (κ1) is 24.5. The number of carbonyl (C=O) groups is 1. The van der Waals surface area contributed by atoms with Crippen LogP contribution in [-0.2, 0) is 17.5 Å². The molecule has 2 N–H and O–H groups in total. The monoisotopic (exact) mass is 512 g/mol. The second-order valence-electron chi connectivity index (χ2n) is 6.98. The maximum atomic E-state index is 12.7. The maximum Gasteiger partial charge on any atom is 0.416 e. The van der Waals surface area contributed by atoms with E-state index >= 15 is 0 Å². The Balaban J connectivity index is 0.00000392. The van der Waals surface area contributed by atoms with Gasteiger partial charge in [0.25, 0.3) is 0 Å². The van der Waals surface area contributed by atoms with Crippen LogP contribution in [0.5, 0.6) is 0 Å². The van der Waals surface area contributed by atoms with Gasteiger partial charge in [-0.05, 0) is 30.5 Å². The summed E-state index contributed by atoms with van der Waals surface area (Å²) in [4.78, 5) is 17.8. The van der Waals surface area contributed by atoms with Gasteiger partial charge in [0.1, 0.15) is 0 Å². The molecule has 1 amide bonds. The summed E-state index contributed by atoms with van der Waals surface area (Å²) in [5, 5.41) is 6.37. The minimum absolute atomic E-state index is 0. The number of halogens is 4. The van der Waals surface area contributed by atoms with E-state index < -0.39 is 11.7 Å². The van der Waals surface area contributed by atoms with Gasteiger partial charge in [0.2, 0.25) is 5.91 Å². The number of guanidine groups is 1. The Morgan fingerprint density at radius 3 is 2.29 bits per heavy atom. The molecule has 1 aliphatic carbocycles. The van der Waals surface area contributed by atoms with Crippen molar-refractivity contribution in [1.29, 1.82) is 0 Å². The molecule has 1 fully saturated rings. The molecule has 0 saturated heterocycles. The highest BCUT2D eigenvalue weighted by Gasteiger charge is 2.29. The van der Waals surface area contributed by atoms with E-state index in [1.54, 1.807) is 14.1 Å². The second kappa shape index (κ2) is 11.5. The lowest BCUT2D eigenvalue weighted by Crippen LogP contribution is -2.47. The normalized spacial score (nSPS) is 15.5. The van der Waals surface area contributed by atoms with Crippen molar-refractivity contribution in [2.24, 2.45) is 4.99 Å². The van der Waals surface area contributed by atoms with Crippen molar-refractivity contribution < 1.29 is 18.0 Å². The summed E-state index contributed by atoms with van der Waals surface area (Å²) in [6.07, 6.45) is 1.28. The average Bonchev–Trinajstić information content (AvgIpc) is 2.64. The largest absolute Gasteiger partial charge is 0.416 e. The van der Waals surface area contributed by atoms with Gasteiger partial charge in [0.15, 0.2) is 5.96 Å². The Bertz CT molecular complexity index is 642. The first-order valence-electron chi connectivity index (χ1n) is 9.17. The fraction of sp³-hybridized carbons (Fsp3) is 0.579. The number of nitrogens with zero attached hydrogens (tertiary/aromatic N) is 2. The van der Waals surface area contributed by atoms with Gasteiger partial charge in [-0.15, -0.1) is 24.0 Å². The predicted molar refractivity (Wildman–Crippen MR) is 115 cm³/mol. The van der Waals surface area contributed by atoms with Crippen molar-refractivity contribution in [1.82, 2.24) is 15.5 Å². The number of aliphatic imine (C=N–C) groups is 1. The SMILES string of the molecule is CN(C)C(=O)CNC(=NCc1ccc(C(F)(F)F)cc1)NC1CCCCC1.I. The molecule has 0 aliphatic heterocycles.